The summed E-state index contributed by atoms with van der Waals surface area (Å²) in [6, 6.07) is 31.8. The van der Waals surface area contributed by atoms with Crippen LogP contribution in [0, 0.1) is 13.8 Å². The van der Waals surface area contributed by atoms with E-state index in [4.69, 9.17) is 0 Å². The largest absolute Gasteiger partial charge is 0.361 e. The Morgan fingerprint density at radius 3 is 1.88 bits per heavy atom. The lowest BCUT2D eigenvalue weighted by atomic mass is 9.94. The molecule has 8 aromatic rings. The molecular formula is C42H43N6+. The fraction of sp³-hybridized carbons (Fsp3) is 0.238. The van der Waals surface area contributed by atoms with E-state index in [1.165, 1.54) is 77.1 Å². The lowest BCUT2D eigenvalue weighted by molar-refractivity contribution is -0.931. The number of aromatic nitrogens is 4. The SMILES string of the molecule is Cc1ccc2[nH]cc(CC[N+]3(CCc4c[nH]c5ccc(C)cc45)CCN(c4cccc5[nH]ccc45)C(c4cccc5[nH]ccc45)C3)c2c1. The van der Waals surface area contributed by atoms with Gasteiger partial charge in [0.2, 0.25) is 0 Å². The van der Waals surface area contributed by atoms with Gasteiger partial charge in [-0.25, -0.2) is 0 Å². The van der Waals surface area contributed by atoms with Crippen molar-refractivity contribution in [3.63, 3.8) is 0 Å². The zero-order valence-electron chi connectivity index (χ0n) is 27.8. The topological polar surface area (TPSA) is 66.4 Å². The van der Waals surface area contributed by atoms with Gasteiger partial charge in [-0.05, 0) is 85.1 Å². The minimum Gasteiger partial charge on any atom is -0.361 e. The first kappa shape index (κ1) is 29.0. The molecule has 0 radical (unpaired) electrons. The van der Waals surface area contributed by atoms with Crippen LogP contribution in [0.15, 0.2) is 110 Å². The van der Waals surface area contributed by atoms with Crippen molar-refractivity contribution in [2.45, 2.75) is 32.7 Å². The summed E-state index contributed by atoms with van der Waals surface area (Å²) in [5.74, 6) is 0. The Morgan fingerprint density at radius 1 is 0.625 bits per heavy atom. The minimum absolute atomic E-state index is 0.231. The monoisotopic (exact) mass is 631 g/mol. The number of hydrogen-bond donors (Lipinski definition) is 4. The van der Waals surface area contributed by atoms with Crippen LogP contribution in [0.2, 0.25) is 0 Å². The van der Waals surface area contributed by atoms with E-state index in [-0.39, 0.29) is 6.04 Å². The number of aryl methyl sites for hydroxylation is 2. The maximum atomic E-state index is 3.56. The Morgan fingerprint density at radius 2 is 1.21 bits per heavy atom. The smallest absolute Gasteiger partial charge is 0.104 e. The van der Waals surface area contributed by atoms with Crippen LogP contribution in [0.3, 0.4) is 0 Å². The maximum absolute atomic E-state index is 3.56. The van der Waals surface area contributed by atoms with Crippen LogP contribution in [0.25, 0.3) is 43.6 Å². The summed E-state index contributed by atoms with van der Waals surface area (Å²) in [5, 5.41) is 5.36. The molecule has 48 heavy (non-hydrogen) atoms. The van der Waals surface area contributed by atoms with Crippen molar-refractivity contribution in [2.75, 3.05) is 37.6 Å². The number of fused-ring (bicyclic) bond motifs is 4. The highest BCUT2D eigenvalue weighted by molar-refractivity contribution is 5.93. The average Bonchev–Trinajstić information content (AvgIpc) is 3.92. The van der Waals surface area contributed by atoms with Crippen LogP contribution in [-0.2, 0) is 12.8 Å². The lowest BCUT2D eigenvalue weighted by Gasteiger charge is -2.50. The van der Waals surface area contributed by atoms with E-state index in [9.17, 15) is 0 Å². The summed E-state index contributed by atoms with van der Waals surface area (Å²) in [4.78, 5) is 16.8. The normalized spacial score (nSPS) is 16.5. The molecule has 4 N–H and O–H groups in total. The van der Waals surface area contributed by atoms with E-state index in [0.717, 1.165) is 50.0 Å². The second-order valence-corrected chi connectivity index (χ2v) is 14.1. The van der Waals surface area contributed by atoms with Gasteiger partial charge in [0.05, 0.1) is 26.2 Å². The van der Waals surface area contributed by atoms with Gasteiger partial charge in [0, 0.05) is 86.9 Å². The number of rotatable bonds is 8. The molecule has 0 aliphatic carbocycles. The highest BCUT2D eigenvalue weighted by atomic mass is 15.4. The van der Waals surface area contributed by atoms with E-state index in [0.29, 0.717) is 0 Å². The number of piperazine rings is 1. The summed E-state index contributed by atoms with van der Waals surface area (Å²) in [6.45, 7) is 9.74. The number of anilines is 1. The number of quaternary nitrogens is 1. The summed E-state index contributed by atoms with van der Waals surface area (Å²) in [6.07, 6.45) is 10.8. The van der Waals surface area contributed by atoms with Crippen molar-refractivity contribution in [2.24, 2.45) is 0 Å². The van der Waals surface area contributed by atoms with Crippen LogP contribution in [-0.4, -0.2) is 57.1 Å². The summed E-state index contributed by atoms with van der Waals surface area (Å²) < 4.78 is 1.07. The van der Waals surface area contributed by atoms with Crippen LogP contribution >= 0.6 is 0 Å². The summed E-state index contributed by atoms with van der Waals surface area (Å²) in [7, 11) is 0. The molecule has 1 aliphatic heterocycles. The van der Waals surface area contributed by atoms with E-state index >= 15 is 0 Å². The fourth-order valence-corrected chi connectivity index (χ4v) is 8.54. The Labute approximate surface area is 281 Å². The molecular weight excluding hydrogens is 589 g/mol. The predicted octanol–water partition coefficient (Wildman–Crippen LogP) is 9.09. The molecule has 1 atom stereocenters. The summed E-state index contributed by atoms with van der Waals surface area (Å²) >= 11 is 0. The molecule has 240 valence electrons. The molecule has 1 unspecified atom stereocenters. The molecule has 4 aromatic carbocycles. The van der Waals surface area contributed by atoms with Crippen molar-refractivity contribution in [3.8, 4) is 0 Å². The van der Waals surface area contributed by atoms with E-state index in [1.807, 2.05) is 0 Å². The number of hydrogen-bond acceptors (Lipinski definition) is 1. The van der Waals surface area contributed by atoms with Gasteiger partial charge in [0.15, 0.2) is 0 Å². The van der Waals surface area contributed by atoms with E-state index in [1.54, 1.807) is 0 Å². The molecule has 0 spiro atoms. The van der Waals surface area contributed by atoms with Gasteiger partial charge in [-0.3, -0.25) is 0 Å². The van der Waals surface area contributed by atoms with Gasteiger partial charge >= 0.3 is 0 Å². The molecule has 1 aliphatic rings. The lowest BCUT2D eigenvalue weighted by Crippen LogP contribution is -2.62. The van der Waals surface area contributed by atoms with Crippen LogP contribution in [0.1, 0.15) is 33.9 Å². The molecule has 0 saturated carbocycles. The fourth-order valence-electron chi connectivity index (χ4n) is 8.54. The zero-order chi connectivity index (χ0) is 32.2. The highest BCUT2D eigenvalue weighted by Crippen LogP contribution is 2.40. The standard InChI is InChI=1S/C42H43N6/c1-28-9-11-39-35(23-28)30(25-45-39)15-20-48(21-16-31-26-46-40-12-10-29(2)24-36(31)40)22-19-47(41-8-4-7-38-34(41)14-18-44-38)42(27-48)33-5-3-6-37-32(33)13-17-43-37/h3-14,17-18,23-26,42-46H,15-16,19-22,27H2,1-2H3/q+1. The minimum atomic E-state index is 0.231. The number of benzene rings is 4. The molecule has 5 heterocycles. The third-order valence-corrected chi connectivity index (χ3v) is 11.2. The third kappa shape index (κ3) is 4.99. The zero-order valence-corrected chi connectivity index (χ0v) is 27.8. The third-order valence-electron chi connectivity index (χ3n) is 11.2. The van der Waals surface area contributed by atoms with Gasteiger partial charge in [0.25, 0.3) is 0 Å². The average molecular weight is 632 g/mol. The second kappa shape index (κ2) is 11.5. The van der Waals surface area contributed by atoms with Crippen LogP contribution in [0.4, 0.5) is 5.69 Å². The number of nitrogens with one attached hydrogen (secondary N) is 4. The van der Waals surface area contributed by atoms with Gasteiger partial charge in [-0.1, -0.05) is 41.5 Å². The molecule has 6 nitrogen and oxygen atoms in total. The Hall–Kier alpha value is -5.20. The first-order chi connectivity index (χ1) is 23.5. The molecule has 6 heteroatoms. The van der Waals surface area contributed by atoms with Gasteiger partial charge in [-0.15, -0.1) is 0 Å². The second-order valence-electron chi connectivity index (χ2n) is 14.1. The Bertz CT molecular complexity index is 2320. The Kier molecular flexibility index (Phi) is 6.94. The quantitative estimate of drug-likeness (QED) is 0.124. The van der Waals surface area contributed by atoms with Crippen molar-refractivity contribution in [3.05, 3.63) is 138 Å². The molecule has 1 saturated heterocycles. The van der Waals surface area contributed by atoms with Crippen molar-refractivity contribution < 1.29 is 4.48 Å². The number of nitrogens with zero attached hydrogens (tertiary/aromatic N) is 2. The first-order valence-electron chi connectivity index (χ1n) is 17.4. The van der Waals surface area contributed by atoms with Gasteiger partial charge in [-0.2, -0.15) is 0 Å². The number of H-pyrrole nitrogens is 4. The number of aromatic amines is 4. The molecule has 0 amide bonds. The highest BCUT2D eigenvalue weighted by Gasteiger charge is 2.41. The van der Waals surface area contributed by atoms with Crippen molar-refractivity contribution in [1.29, 1.82) is 0 Å². The predicted molar refractivity (Wildman–Crippen MR) is 200 cm³/mol. The van der Waals surface area contributed by atoms with Crippen LogP contribution in [0.5, 0.6) is 0 Å². The Balaban J connectivity index is 1.13. The van der Waals surface area contributed by atoms with Crippen molar-refractivity contribution in [1.82, 2.24) is 19.9 Å². The molecule has 4 aromatic heterocycles. The van der Waals surface area contributed by atoms with Gasteiger partial charge < -0.3 is 29.3 Å². The van der Waals surface area contributed by atoms with Gasteiger partial charge in [0.1, 0.15) is 12.6 Å². The van der Waals surface area contributed by atoms with Crippen LogP contribution < -0.4 is 4.90 Å². The molecule has 0 bridgehead atoms. The maximum Gasteiger partial charge on any atom is 0.104 e. The summed E-state index contributed by atoms with van der Waals surface area (Å²) in [5.41, 5.74) is 13.1. The van der Waals surface area contributed by atoms with E-state index in [2.05, 4.69) is 148 Å². The molecule has 9 rings (SSSR count). The van der Waals surface area contributed by atoms with E-state index < -0.39 is 0 Å². The van der Waals surface area contributed by atoms with Crippen molar-refractivity contribution >= 4 is 49.3 Å². The molecule has 1 fully saturated rings. The first-order valence-corrected chi connectivity index (χ1v) is 17.4.